The van der Waals surface area contributed by atoms with Gasteiger partial charge in [0, 0.05) is 6.42 Å². The van der Waals surface area contributed by atoms with Gasteiger partial charge in [0.2, 0.25) is 0 Å². The Labute approximate surface area is 149 Å². The zero-order valence-corrected chi connectivity index (χ0v) is 14.2. The van der Waals surface area contributed by atoms with Crippen molar-refractivity contribution >= 4 is 0 Å². The lowest BCUT2D eigenvalue weighted by Crippen LogP contribution is -2.55. The summed E-state index contributed by atoms with van der Waals surface area (Å²) in [6.07, 6.45) is -4.04. The minimum Gasteiger partial charge on any atom is -0.388 e. The highest BCUT2D eigenvalue weighted by molar-refractivity contribution is 5.30. The summed E-state index contributed by atoms with van der Waals surface area (Å²) in [6.45, 7) is 3.71. The highest BCUT2D eigenvalue weighted by atomic mass is 19.4. The lowest BCUT2D eigenvalue weighted by Gasteiger charge is -2.32. The molecule has 0 amide bonds. The van der Waals surface area contributed by atoms with Gasteiger partial charge in [0.25, 0.3) is 5.67 Å². The summed E-state index contributed by atoms with van der Waals surface area (Å²) in [5.74, 6) is -26.0. The molecule has 1 aromatic carbocycles. The molecule has 0 aromatic heterocycles. The molecule has 1 N–H and O–H groups in total. The second-order valence-electron chi connectivity index (χ2n) is 6.79. The molecule has 1 aliphatic rings. The lowest BCUT2D eigenvalue weighted by atomic mass is 9.87. The van der Waals surface area contributed by atoms with Gasteiger partial charge in [-0.05, 0) is 23.5 Å². The number of hydrogen-bond acceptors (Lipinski definition) is 1. The van der Waals surface area contributed by atoms with Crippen LogP contribution in [0.4, 0.5) is 39.5 Å². The summed E-state index contributed by atoms with van der Waals surface area (Å²) in [5, 5.41) is 9.84. The van der Waals surface area contributed by atoms with Crippen molar-refractivity contribution in [2.75, 3.05) is 0 Å². The number of halogens is 9. The quantitative estimate of drug-likeness (QED) is 0.603. The first-order valence-electron chi connectivity index (χ1n) is 8.06. The maximum atomic E-state index is 14.4. The molecule has 10 heteroatoms. The molecule has 1 nitrogen and oxygen atoms in total. The minimum atomic E-state index is -6.63. The van der Waals surface area contributed by atoms with E-state index < -0.39 is 41.9 Å². The largest absolute Gasteiger partial charge is 0.388 e. The molecule has 0 bridgehead atoms. The Morgan fingerprint density at radius 2 is 1.11 bits per heavy atom. The van der Waals surface area contributed by atoms with Gasteiger partial charge in [0.1, 0.15) is 0 Å². The predicted molar refractivity (Wildman–Crippen MR) is 78.4 cm³/mol. The van der Waals surface area contributed by atoms with Crippen molar-refractivity contribution < 1.29 is 44.6 Å². The Balaban J connectivity index is 2.39. The standard InChI is InChI=1S/C17H17F9O/c1-3-9(2)10-4-6-11(7-5-10)12(27)8-13(18)14(19,20)16(23,24)17(25,26)15(13,21)22/h4-7,9,12,27H,3,8H2,1-2H3. The third-order valence-corrected chi connectivity index (χ3v) is 5.16. The average Bonchev–Trinajstić information content (AvgIpc) is 2.64. The lowest BCUT2D eigenvalue weighted by molar-refractivity contribution is -0.303. The van der Waals surface area contributed by atoms with Crippen molar-refractivity contribution in [2.45, 2.75) is 68.1 Å². The fourth-order valence-corrected chi connectivity index (χ4v) is 3.01. The first-order chi connectivity index (χ1) is 12.1. The van der Waals surface area contributed by atoms with Crippen LogP contribution in [0.15, 0.2) is 24.3 Å². The summed E-state index contributed by atoms with van der Waals surface area (Å²) in [6, 6.07) is 5.03. The number of rotatable bonds is 5. The maximum Gasteiger partial charge on any atom is 0.381 e. The van der Waals surface area contributed by atoms with E-state index in [2.05, 4.69) is 0 Å². The third kappa shape index (κ3) is 2.66. The molecule has 1 aromatic rings. The molecule has 2 rings (SSSR count). The molecule has 0 spiro atoms. The van der Waals surface area contributed by atoms with E-state index in [9.17, 15) is 44.6 Å². The van der Waals surface area contributed by atoms with Crippen molar-refractivity contribution in [2.24, 2.45) is 0 Å². The van der Waals surface area contributed by atoms with Gasteiger partial charge in [-0.25, -0.2) is 4.39 Å². The summed E-state index contributed by atoms with van der Waals surface area (Å²) >= 11 is 0. The summed E-state index contributed by atoms with van der Waals surface area (Å²) in [7, 11) is 0. The molecule has 0 radical (unpaired) electrons. The van der Waals surface area contributed by atoms with Crippen LogP contribution in [-0.4, -0.2) is 34.5 Å². The van der Waals surface area contributed by atoms with Crippen LogP contribution >= 0.6 is 0 Å². The van der Waals surface area contributed by atoms with E-state index in [-0.39, 0.29) is 11.5 Å². The van der Waals surface area contributed by atoms with Crippen LogP contribution in [0.5, 0.6) is 0 Å². The van der Waals surface area contributed by atoms with Crippen LogP contribution in [0.25, 0.3) is 0 Å². The van der Waals surface area contributed by atoms with Crippen molar-refractivity contribution in [1.82, 2.24) is 0 Å². The van der Waals surface area contributed by atoms with Gasteiger partial charge in [-0.3, -0.25) is 0 Å². The first-order valence-corrected chi connectivity index (χ1v) is 8.06. The molecule has 0 aliphatic heterocycles. The van der Waals surface area contributed by atoms with Crippen LogP contribution in [0.2, 0.25) is 0 Å². The highest BCUT2D eigenvalue weighted by Crippen LogP contribution is 2.70. The molecular formula is C17H17F9O. The Kier molecular flexibility index (Phi) is 5.08. The highest BCUT2D eigenvalue weighted by Gasteiger charge is 3.00. The van der Waals surface area contributed by atoms with Gasteiger partial charge in [0.15, 0.2) is 0 Å². The number of alkyl halides is 9. The normalized spacial score (nSPS) is 26.5. The molecule has 154 valence electrons. The predicted octanol–water partition coefficient (Wildman–Crippen LogP) is 5.89. The Morgan fingerprint density at radius 3 is 1.48 bits per heavy atom. The van der Waals surface area contributed by atoms with Crippen LogP contribution in [0, 0.1) is 0 Å². The smallest absolute Gasteiger partial charge is 0.381 e. The average molecular weight is 408 g/mol. The zero-order valence-electron chi connectivity index (χ0n) is 14.2. The molecule has 2 unspecified atom stereocenters. The van der Waals surface area contributed by atoms with Crippen LogP contribution in [0.3, 0.4) is 0 Å². The third-order valence-electron chi connectivity index (χ3n) is 5.16. The minimum absolute atomic E-state index is 0.0598. The van der Waals surface area contributed by atoms with Gasteiger partial charge in [-0.15, -0.1) is 0 Å². The summed E-state index contributed by atoms with van der Waals surface area (Å²) in [5.41, 5.74) is -5.26. The molecule has 1 saturated carbocycles. The van der Waals surface area contributed by atoms with E-state index in [4.69, 9.17) is 0 Å². The SMILES string of the molecule is CCC(C)c1ccc(C(O)CC2(F)C(F)(F)C(F)(F)C(F)(F)C2(F)F)cc1. The van der Waals surface area contributed by atoms with Crippen molar-refractivity contribution in [3.05, 3.63) is 35.4 Å². The van der Waals surface area contributed by atoms with Crippen molar-refractivity contribution in [3.63, 3.8) is 0 Å². The zero-order chi connectivity index (χ0) is 21.1. The second kappa shape index (κ2) is 6.28. The topological polar surface area (TPSA) is 20.2 Å². The monoisotopic (exact) mass is 408 g/mol. The number of aliphatic hydroxyl groups is 1. The van der Waals surface area contributed by atoms with E-state index in [1.165, 1.54) is 12.1 Å². The molecule has 1 fully saturated rings. The van der Waals surface area contributed by atoms with Gasteiger partial charge in [-0.1, -0.05) is 38.1 Å². The first kappa shape index (κ1) is 21.8. The fraction of sp³-hybridized carbons (Fsp3) is 0.647. The maximum absolute atomic E-state index is 14.4. The number of benzene rings is 1. The molecular weight excluding hydrogens is 391 g/mol. The van der Waals surface area contributed by atoms with Gasteiger partial charge in [-0.2, -0.15) is 35.1 Å². The van der Waals surface area contributed by atoms with Crippen molar-refractivity contribution in [1.29, 1.82) is 0 Å². The molecule has 0 heterocycles. The number of hydrogen-bond donors (Lipinski definition) is 1. The molecule has 27 heavy (non-hydrogen) atoms. The Bertz CT molecular complexity index is 658. The van der Waals surface area contributed by atoms with E-state index in [0.29, 0.717) is 0 Å². The number of aliphatic hydroxyl groups excluding tert-OH is 1. The Hall–Kier alpha value is -1.45. The molecule has 1 aliphatic carbocycles. The van der Waals surface area contributed by atoms with E-state index in [1.54, 1.807) is 0 Å². The fourth-order valence-electron chi connectivity index (χ4n) is 3.01. The van der Waals surface area contributed by atoms with Gasteiger partial charge in [0.05, 0.1) is 6.10 Å². The second-order valence-corrected chi connectivity index (χ2v) is 6.79. The van der Waals surface area contributed by atoms with E-state index in [0.717, 1.165) is 24.1 Å². The molecule has 0 saturated heterocycles. The van der Waals surface area contributed by atoms with Gasteiger partial charge >= 0.3 is 23.7 Å². The van der Waals surface area contributed by atoms with E-state index >= 15 is 0 Å². The van der Waals surface area contributed by atoms with E-state index in [1.807, 2.05) is 13.8 Å². The van der Waals surface area contributed by atoms with Crippen LogP contribution in [-0.2, 0) is 0 Å². The molecule has 2 atom stereocenters. The Morgan fingerprint density at radius 1 is 0.741 bits per heavy atom. The summed E-state index contributed by atoms with van der Waals surface area (Å²) in [4.78, 5) is 0. The van der Waals surface area contributed by atoms with Crippen LogP contribution < -0.4 is 0 Å². The van der Waals surface area contributed by atoms with Crippen LogP contribution in [0.1, 0.15) is 49.8 Å². The van der Waals surface area contributed by atoms with Crippen molar-refractivity contribution in [3.8, 4) is 0 Å². The van der Waals surface area contributed by atoms with Gasteiger partial charge < -0.3 is 5.11 Å². The summed E-state index contributed by atoms with van der Waals surface area (Å²) < 4.78 is 122.